The van der Waals surface area contributed by atoms with Crippen molar-refractivity contribution in [2.75, 3.05) is 18.8 Å². The molecule has 0 amide bonds. The number of alkyl halides is 2. The van der Waals surface area contributed by atoms with Crippen LogP contribution in [0.1, 0.15) is 26.2 Å². The molecule has 0 radical (unpaired) electrons. The molecule has 17 heavy (non-hydrogen) atoms. The molecule has 98 valence electrons. The number of carbonyl (C=O) groups is 1. The maximum Gasteiger partial charge on any atom is 0.377 e. The third-order valence-electron chi connectivity index (χ3n) is 3.23. The summed E-state index contributed by atoms with van der Waals surface area (Å²) in [5, 5.41) is 3.14. The largest absolute Gasteiger partial charge is 0.456 e. The summed E-state index contributed by atoms with van der Waals surface area (Å²) in [5.74, 6) is -3.52. The van der Waals surface area contributed by atoms with Gasteiger partial charge in [-0.05, 0) is 25.5 Å². The van der Waals surface area contributed by atoms with E-state index >= 15 is 0 Å². The van der Waals surface area contributed by atoms with Gasteiger partial charge in [-0.3, -0.25) is 0 Å². The van der Waals surface area contributed by atoms with E-state index in [0.717, 1.165) is 18.7 Å². The van der Waals surface area contributed by atoms with Gasteiger partial charge >= 0.3 is 11.9 Å². The third-order valence-corrected chi connectivity index (χ3v) is 4.77. The van der Waals surface area contributed by atoms with Gasteiger partial charge < -0.3 is 10.1 Å². The first kappa shape index (κ1) is 13.1. The van der Waals surface area contributed by atoms with Crippen molar-refractivity contribution < 1.29 is 18.3 Å². The highest BCUT2D eigenvalue weighted by atomic mass is 32.2. The van der Waals surface area contributed by atoms with Crippen molar-refractivity contribution in [3.8, 4) is 0 Å². The third kappa shape index (κ3) is 3.10. The molecule has 0 aromatic carbocycles. The van der Waals surface area contributed by atoms with Gasteiger partial charge in [0.25, 0.3) is 0 Å². The molecule has 6 heteroatoms. The van der Waals surface area contributed by atoms with Gasteiger partial charge in [0.05, 0.1) is 6.42 Å². The van der Waals surface area contributed by atoms with Crippen LogP contribution in [0.15, 0.2) is 0 Å². The Bertz CT molecular complexity index is 306. The molecule has 2 aliphatic heterocycles. The molecule has 0 spiro atoms. The average Bonchev–Trinajstić information content (AvgIpc) is 2.73. The number of esters is 1. The lowest BCUT2D eigenvalue weighted by atomic mass is 10.1. The van der Waals surface area contributed by atoms with Gasteiger partial charge in [0.1, 0.15) is 6.10 Å². The fourth-order valence-electron chi connectivity index (χ4n) is 2.24. The second-order valence-electron chi connectivity index (χ2n) is 4.97. The van der Waals surface area contributed by atoms with Crippen LogP contribution in [-0.4, -0.2) is 41.6 Å². The number of carbonyl (C=O) groups excluding carboxylic acids is 1. The number of halogens is 2. The van der Waals surface area contributed by atoms with Crippen LogP contribution in [0.3, 0.4) is 0 Å². The van der Waals surface area contributed by atoms with Crippen LogP contribution in [0.2, 0.25) is 0 Å². The van der Waals surface area contributed by atoms with E-state index in [9.17, 15) is 13.6 Å². The first-order valence-corrected chi connectivity index (χ1v) is 6.83. The highest BCUT2D eigenvalue weighted by Gasteiger charge is 2.50. The summed E-state index contributed by atoms with van der Waals surface area (Å²) in [6, 6.07) is 0. The summed E-state index contributed by atoms with van der Waals surface area (Å²) in [5.41, 5.74) is 0. The predicted molar refractivity (Wildman–Crippen MR) is 62.4 cm³/mol. The summed E-state index contributed by atoms with van der Waals surface area (Å²) in [4.78, 5) is 10.8. The van der Waals surface area contributed by atoms with Crippen LogP contribution in [0, 0.1) is 0 Å². The van der Waals surface area contributed by atoms with E-state index < -0.39 is 24.4 Å². The summed E-state index contributed by atoms with van der Waals surface area (Å²) in [6.45, 7) is 3.27. The van der Waals surface area contributed by atoms with Gasteiger partial charge in [-0.15, -0.1) is 0 Å². The van der Waals surface area contributed by atoms with E-state index in [2.05, 4.69) is 17.0 Å². The van der Waals surface area contributed by atoms with Crippen molar-refractivity contribution in [3.63, 3.8) is 0 Å². The Kier molecular flexibility index (Phi) is 3.63. The van der Waals surface area contributed by atoms with E-state index in [4.69, 9.17) is 0 Å². The van der Waals surface area contributed by atoms with Crippen LogP contribution in [0.25, 0.3) is 0 Å². The smallest absolute Gasteiger partial charge is 0.377 e. The molecular formula is C11H17F2NO2S. The van der Waals surface area contributed by atoms with Crippen molar-refractivity contribution in [2.24, 2.45) is 0 Å². The van der Waals surface area contributed by atoms with Gasteiger partial charge in [-0.1, -0.05) is 0 Å². The molecule has 0 saturated carbocycles. The summed E-state index contributed by atoms with van der Waals surface area (Å²) in [7, 11) is 0. The van der Waals surface area contributed by atoms with E-state index in [-0.39, 0.29) is 4.75 Å². The van der Waals surface area contributed by atoms with Crippen molar-refractivity contribution in [1.29, 1.82) is 0 Å². The lowest BCUT2D eigenvalue weighted by Crippen LogP contribution is -2.37. The Hall–Kier alpha value is -0.360. The van der Waals surface area contributed by atoms with E-state index in [1.54, 1.807) is 0 Å². The lowest BCUT2D eigenvalue weighted by Gasteiger charge is -2.23. The monoisotopic (exact) mass is 265 g/mol. The number of hydrogen-bond acceptors (Lipinski definition) is 4. The second kappa shape index (κ2) is 4.72. The standard InChI is InChI=1S/C11H17F2NO2S/c1-10(3-2-4-17-10)7-14-6-8-5-11(12,13)9(15)16-8/h8,14H,2-7H2,1H3. The Balaban J connectivity index is 1.71. The van der Waals surface area contributed by atoms with Crippen LogP contribution in [0.4, 0.5) is 8.78 Å². The zero-order valence-electron chi connectivity index (χ0n) is 9.80. The average molecular weight is 265 g/mol. The Morgan fingerprint density at radius 2 is 2.35 bits per heavy atom. The van der Waals surface area contributed by atoms with Crippen LogP contribution < -0.4 is 5.32 Å². The maximum absolute atomic E-state index is 12.9. The Labute approximate surface area is 104 Å². The second-order valence-corrected chi connectivity index (χ2v) is 6.65. The van der Waals surface area contributed by atoms with Crippen molar-refractivity contribution in [3.05, 3.63) is 0 Å². The minimum Gasteiger partial charge on any atom is -0.456 e. The molecule has 1 N–H and O–H groups in total. The molecule has 2 saturated heterocycles. The Morgan fingerprint density at radius 1 is 1.59 bits per heavy atom. The van der Waals surface area contributed by atoms with Gasteiger partial charge in [0.15, 0.2) is 0 Å². The topological polar surface area (TPSA) is 38.3 Å². The quantitative estimate of drug-likeness (QED) is 0.787. The predicted octanol–water partition coefficient (Wildman–Crippen LogP) is 1.81. The molecule has 2 unspecified atom stereocenters. The molecule has 2 aliphatic rings. The van der Waals surface area contributed by atoms with Gasteiger partial charge in [-0.25, -0.2) is 4.79 Å². The first-order chi connectivity index (χ1) is 7.91. The van der Waals surface area contributed by atoms with Crippen LogP contribution in [-0.2, 0) is 9.53 Å². The van der Waals surface area contributed by atoms with Gasteiger partial charge in [0, 0.05) is 17.8 Å². The van der Waals surface area contributed by atoms with Crippen LogP contribution >= 0.6 is 11.8 Å². The highest BCUT2D eigenvalue weighted by Crippen LogP contribution is 2.37. The van der Waals surface area contributed by atoms with E-state index in [1.807, 2.05) is 11.8 Å². The fourth-order valence-corrected chi connectivity index (χ4v) is 3.51. The van der Waals surface area contributed by atoms with Gasteiger partial charge in [-0.2, -0.15) is 20.5 Å². The molecule has 2 rings (SSSR count). The maximum atomic E-state index is 12.9. The van der Waals surface area contributed by atoms with Crippen molar-refractivity contribution >= 4 is 17.7 Å². The number of hydrogen-bond donors (Lipinski definition) is 1. The highest BCUT2D eigenvalue weighted by molar-refractivity contribution is 8.00. The number of thioether (sulfide) groups is 1. The normalized spacial score (nSPS) is 36.2. The molecule has 2 heterocycles. The lowest BCUT2D eigenvalue weighted by molar-refractivity contribution is -0.159. The van der Waals surface area contributed by atoms with Gasteiger partial charge in [0.2, 0.25) is 0 Å². The van der Waals surface area contributed by atoms with Crippen molar-refractivity contribution in [2.45, 2.75) is 43.0 Å². The molecule has 0 aromatic rings. The molecule has 0 bridgehead atoms. The molecule has 0 aliphatic carbocycles. The summed E-state index contributed by atoms with van der Waals surface area (Å²) in [6.07, 6.45) is 1.17. The van der Waals surface area contributed by atoms with Crippen molar-refractivity contribution in [1.82, 2.24) is 5.32 Å². The van der Waals surface area contributed by atoms with E-state index in [0.29, 0.717) is 6.54 Å². The number of cyclic esters (lactones) is 1. The SMILES string of the molecule is CC1(CNCC2CC(F)(F)C(=O)O2)CCCS1. The molecule has 2 fully saturated rings. The minimum atomic E-state index is -3.29. The molecular weight excluding hydrogens is 248 g/mol. The Morgan fingerprint density at radius 3 is 2.88 bits per heavy atom. The number of nitrogens with one attached hydrogen (secondary N) is 1. The summed E-state index contributed by atoms with van der Waals surface area (Å²) >= 11 is 1.91. The van der Waals surface area contributed by atoms with Crippen LogP contribution in [0.5, 0.6) is 0 Å². The fraction of sp³-hybridized carbons (Fsp3) is 0.909. The molecule has 2 atom stereocenters. The minimum absolute atomic E-state index is 0.200. The van der Waals surface area contributed by atoms with E-state index in [1.165, 1.54) is 6.42 Å². The molecule has 3 nitrogen and oxygen atoms in total. The first-order valence-electron chi connectivity index (χ1n) is 5.85. The zero-order chi connectivity index (χ0) is 12.5. The molecule has 0 aromatic heterocycles. The number of ether oxygens (including phenoxy) is 1. The summed E-state index contributed by atoms with van der Waals surface area (Å²) < 4.78 is 30.6. The zero-order valence-corrected chi connectivity index (χ0v) is 10.6. The number of rotatable bonds is 4.